The van der Waals surface area contributed by atoms with E-state index < -0.39 is 12.1 Å². The van der Waals surface area contributed by atoms with E-state index in [1.165, 1.54) is 4.91 Å². The summed E-state index contributed by atoms with van der Waals surface area (Å²) in [4.78, 5) is 1.20. The molecule has 0 spiro atoms. The molecule has 1 fully saturated rings. The Hall–Kier alpha value is -0.120. The predicted molar refractivity (Wildman–Crippen MR) is 52.0 cm³/mol. The second-order valence-electron chi connectivity index (χ2n) is 4.15. The van der Waals surface area contributed by atoms with E-state index in [4.69, 9.17) is 0 Å². The summed E-state index contributed by atoms with van der Waals surface area (Å²) in [5.41, 5.74) is 0. The Bertz CT molecular complexity index is 257. The topological polar surface area (TPSA) is 0 Å². The smallest absolute Gasteiger partial charge is 0.171 e. The van der Waals surface area contributed by atoms with Gasteiger partial charge in [-0.1, -0.05) is 6.08 Å². The van der Waals surface area contributed by atoms with Crippen LogP contribution in [0, 0.1) is 11.8 Å². The predicted octanol–water partition coefficient (Wildman–Crippen LogP) is 3.98. The highest BCUT2D eigenvalue weighted by Crippen LogP contribution is 2.49. The first-order valence-corrected chi connectivity index (χ1v) is 5.76. The second-order valence-corrected chi connectivity index (χ2v) is 5.63. The Kier molecular flexibility index (Phi) is 2.58. The van der Waals surface area contributed by atoms with Crippen LogP contribution in [-0.2, 0) is 0 Å². The Labute approximate surface area is 85.9 Å². The number of rotatable bonds is 0. The molecule has 14 heavy (non-hydrogen) atoms. The number of fused-ring (bicyclic) bond motifs is 1. The number of halogens is 3. The maximum atomic E-state index is 12.5. The molecule has 0 amide bonds. The van der Waals surface area contributed by atoms with E-state index in [2.05, 4.69) is 0 Å². The van der Waals surface area contributed by atoms with Gasteiger partial charge in [-0.15, -0.1) is 11.8 Å². The van der Waals surface area contributed by atoms with Gasteiger partial charge in [0.2, 0.25) is 0 Å². The molecular formula is C10H13F3S. The van der Waals surface area contributed by atoms with E-state index in [0.29, 0.717) is 24.5 Å². The molecule has 80 valence electrons. The lowest BCUT2D eigenvalue weighted by Crippen LogP contribution is -2.32. The number of thioether (sulfide) groups is 1. The molecule has 0 saturated heterocycles. The fourth-order valence-electron chi connectivity index (χ4n) is 2.38. The third kappa shape index (κ3) is 1.95. The number of allylic oxidation sites excluding steroid dienone is 2. The van der Waals surface area contributed by atoms with Crippen LogP contribution in [0.15, 0.2) is 11.0 Å². The third-order valence-electron chi connectivity index (χ3n) is 3.08. The average Bonchev–Trinajstić information content (AvgIpc) is 2.41. The Balaban J connectivity index is 2.03. The zero-order valence-electron chi connectivity index (χ0n) is 7.97. The Morgan fingerprint density at radius 2 is 2.07 bits per heavy atom. The van der Waals surface area contributed by atoms with Crippen LogP contribution in [0.25, 0.3) is 0 Å². The number of hydrogen-bond acceptors (Lipinski definition) is 1. The van der Waals surface area contributed by atoms with Crippen LogP contribution in [0.1, 0.15) is 26.2 Å². The number of alkyl halides is 3. The summed E-state index contributed by atoms with van der Waals surface area (Å²) in [5, 5.41) is 0.425. The third-order valence-corrected chi connectivity index (χ3v) is 4.48. The van der Waals surface area contributed by atoms with Crippen LogP contribution in [0.4, 0.5) is 13.2 Å². The summed E-state index contributed by atoms with van der Waals surface area (Å²) >= 11 is 1.76. The molecule has 0 bridgehead atoms. The zero-order chi connectivity index (χ0) is 10.3. The molecule has 2 aliphatic rings. The first-order valence-electron chi connectivity index (χ1n) is 4.88. The minimum atomic E-state index is -3.99. The molecule has 0 aromatic heterocycles. The van der Waals surface area contributed by atoms with Gasteiger partial charge in [0.25, 0.3) is 0 Å². The normalized spacial score (nSPS) is 38.0. The summed E-state index contributed by atoms with van der Waals surface area (Å²) in [6.07, 6.45) is -0.627. The van der Waals surface area contributed by atoms with E-state index in [1.54, 1.807) is 11.8 Å². The molecule has 1 heterocycles. The van der Waals surface area contributed by atoms with Crippen molar-refractivity contribution in [1.82, 2.24) is 0 Å². The van der Waals surface area contributed by atoms with Gasteiger partial charge in [-0.3, -0.25) is 0 Å². The van der Waals surface area contributed by atoms with E-state index in [-0.39, 0.29) is 5.92 Å². The van der Waals surface area contributed by atoms with Crippen LogP contribution in [0.5, 0.6) is 0 Å². The van der Waals surface area contributed by atoms with Crippen LogP contribution in [0.3, 0.4) is 0 Å². The van der Waals surface area contributed by atoms with Gasteiger partial charge in [0.15, 0.2) is 0 Å². The molecular weight excluding hydrogens is 209 g/mol. The van der Waals surface area contributed by atoms with Crippen molar-refractivity contribution in [2.45, 2.75) is 37.6 Å². The zero-order valence-corrected chi connectivity index (χ0v) is 8.79. The Morgan fingerprint density at radius 3 is 2.71 bits per heavy atom. The van der Waals surface area contributed by atoms with E-state index in [0.717, 1.165) is 0 Å². The molecule has 2 unspecified atom stereocenters. The van der Waals surface area contributed by atoms with Crippen molar-refractivity contribution in [2.24, 2.45) is 11.8 Å². The lowest BCUT2D eigenvalue weighted by atomic mass is 9.80. The molecule has 1 aliphatic carbocycles. The molecule has 0 radical (unpaired) electrons. The first kappa shape index (κ1) is 10.4. The largest absolute Gasteiger partial charge is 0.391 e. The number of hydrogen-bond donors (Lipinski definition) is 0. The van der Waals surface area contributed by atoms with E-state index >= 15 is 0 Å². The van der Waals surface area contributed by atoms with Crippen molar-refractivity contribution in [2.75, 3.05) is 0 Å². The summed E-state index contributed by atoms with van der Waals surface area (Å²) in [5.74, 6) is -0.896. The minimum absolute atomic E-state index is 0.167. The fourth-order valence-corrected chi connectivity index (χ4v) is 3.73. The van der Waals surface area contributed by atoms with Crippen LogP contribution in [-0.4, -0.2) is 11.4 Å². The van der Waals surface area contributed by atoms with Gasteiger partial charge in [0.1, 0.15) is 0 Å². The monoisotopic (exact) mass is 222 g/mol. The molecule has 1 aliphatic heterocycles. The highest BCUT2D eigenvalue weighted by molar-refractivity contribution is 8.03. The lowest BCUT2D eigenvalue weighted by Gasteiger charge is -2.31. The first-order chi connectivity index (χ1) is 6.47. The van der Waals surface area contributed by atoms with Crippen molar-refractivity contribution in [3.63, 3.8) is 0 Å². The van der Waals surface area contributed by atoms with Crippen LogP contribution >= 0.6 is 11.8 Å². The van der Waals surface area contributed by atoms with Crippen molar-refractivity contribution in [3.8, 4) is 0 Å². The van der Waals surface area contributed by atoms with Gasteiger partial charge in [-0.25, -0.2) is 0 Å². The molecule has 0 aromatic carbocycles. The lowest BCUT2D eigenvalue weighted by molar-refractivity contribution is -0.183. The second kappa shape index (κ2) is 3.47. The fraction of sp³-hybridized carbons (Fsp3) is 0.800. The van der Waals surface area contributed by atoms with Gasteiger partial charge in [0, 0.05) is 5.25 Å². The van der Waals surface area contributed by atoms with Crippen molar-refractivity contribution < 1.29 is 13.2 Å². The maximum absolute atomic E-state index is 12.5. The molecule has 1 saturated carbocycles. The molecule has 0 nitrogen and oxygen atoms in total. The molecule has 0 N–H and O–H groups in total. The summed E-state index contributed by atoms with van der Waals surface area (Å²) in [6.45, 7) is 1.99. The van der Waals surface area contributed by atoms with Gasteiger partial charge in [-0.05, 0) is 37.0 Å². The molecule has 2 rings (SSSR count). The molecule has 4 heteroatoms. The quantitative estimate of drug-likeness (QED) is 0.597. The van der Waals surface area contributed by atoms with Gasteiger partial charge >= 0.3 is 6.18 Å². The summed E-state index contributed by atoms with van der Waals surface area (Å²) in [7, 11) is 0. The SMILES string of the molecule is CC1=CC2C[C@H](C(F)(F)F)CCC2S1. The molecule has 3 atom stereocenters. The average molecular weight is 222 g/mol. The molecule has 0 aromatic rings. The maximum Gasteiger partial charge on any atom is 0.391 e. The van der Waals surface area contributed by atoms with Gasteiger partial charge < -0.3 is 0 Å². The van der Waals surface area contributed by atoms with Crippen LogP contribution < -0.4 is 0 Å². The van der Waals surface area contributed by atoms with E-state index in [1.807, 2.05) is 13.0 Å². The van der Waals surface area contributed by atoms with Gasteiger partial charge in [0.05, 0.1) is 5.92 Å². The highest BCUT2D eigenvalue weighted by atomic mass is 32.2. The summed E-state index contributed by atoms with van der Waals surface area (Å²) in [6, 6.07) is 0. The highest BCUT2D eigenvalue weighted by Gasteiger charge is 2.45. The van der Waals surface area contributed by atoms with Crippen molar-refractivity contribution in [1.29, 1.82) is 0 Å². The van der Waals surface area contributed by atoms with Crippen molar-refractivity contribution in [3.05, 3.63) is 11.0 Å². The minimum Gasteiger partial charge on any atom is -0.171 e. The van der Waals surface area contributed by atoms with Gasteiger partial charge in [-0.2, -0.15) is 13.2 Å². The standard InChI is InChI=1S/C10H13F3S/c1-6-4-7-5-8(10(11,12)13)2-3-9(7)14-6/h4,7-9H,2-3,5H2,1H3/t7?,8-,9?/m1/s1. The van der Waals surface area contributed by atoms with Crippen LogP contribution in [0.2, 0.25) is 0 Å². The van der Waals surface area contributed by atoms with E-state index in [9.17, 15) is 13.2 Å². The van der Waals surface area contributed by atoms with Crippen molar-refractivity contribution >= 4 is 11.8 Å². The Morgan fingerprint density at radius 1 is 1.36 bits per heavy atom. The summed E-state index contributed by atoms with van der Waals surface area (Å²) < 4.78 is 37.4.